The van der Waals surface area contributed by atoms with Crippen LogP contribution in [-0.4, -0.2) is 31.8 Å². The van der Waals surface area contributed by atoms with E-state index in [1.54, 1.807) is 0 Å². The average molecular weight is 185 g/mol. The Labute approximate surface area is 67.3 Å². The van der Waals surface area contributed by atoms with Gasteiger partial charge < -0.3 is 16.4 Å². The summed E-state index contributed by atoms with van der Waals surface area (Å²) in [7, 11) is 0. The molecule has 0 aliphatic heterocycles. The molecule has 0 fully saturated rings. The van der Waals surface area contributed by atoms with Crippen LogP contribution in [0.25, 0.3) is 0 Å². The van der Waals surface area contributed by atoms with Crippen LogP contribution in [0.15, 0.2) is 0 Å². The minimum atomic E-state index is -4.22. The number of halogens is 3. The van der Waals surface area contributed by atoms with E-state index in [0.29, 0.717) is 0 Å². The number of hydrogen-bond donors (Lipinski definition) is 3. The molecule has 4 N–H and O–H groups in total. The van der Waals surface area contributed by atoms with Crippen molar-refractivity contribution in [2.24, 2.45) is 5.73 Å². The minimum absolute atomic E-state index is 0.0441. The summed E-state index contributed by atoms with van der Waals surface area (Å²) in [4.78, 5) is 10.0. The topological polar surface area (TPSA) is 67.2 Å². The fourth-order valence-corrected chi connectivity index (χ4v) is 0.504. The van der Waals surface area contributed by atoms with Gasteiger partial charge in [0.1, 0.15) is 0 Å². The smallest absolute Gasteiger partial charge is 0.352 e. The molecule has 0 atom stereocenters. The van der Waals surface area contributed by atoms with Crippen molar-refractivity contribution < 1.29 is 18.0 Å². The van der Waals surface area contributed by atoms with Crippen molar-refractivity contribution >= 4 is 6.03 Å². The number of alkyl halides is 3. The molecule has 72 valence electrons. The monoisotopic (exact) mass is 185 g/mol. The van der Waals surface area contributed by atoms with Crippen LogP contribution in [0.4, 0.5) is 18.0 Å². The Morgan fingerprint density at radius 2 is 1.92 bits per heavy atom. The Hall–Kier alpha value is -0.980. The molecule has 0 saturated carbocycles. The molecule has 4 nitrogen and oxygen atoms in total. The van der Waals surface area contributed by atoms with Gasteiger partial charge >= 0.3 is 12.2 Å². The molecule has 0 aromatic rings. The Bertz CT molecular complexity index is 147. The molecule has 2 amide bonds. The van der Waals surface area contributed by atoms with E-state index in [-0.39, 0.29) is 13.1 Å². The summed E-state index contributed by atoms with van der Waals surface area (Å²) in [6, 6.07) is -0.746. The van der Waals surface area contributed by atoms with Crippen LogP contribution in [0.2, 0.25) is 0 Å². The number of amides is 2. The summed E-state index contributed by atoms with van der Waals surface area (Å²) in [6.07, 6.45) is -4.22. The highest BCUT2D eigenvalue weighted by Crippen LogP contribution is 2.11. The van der Waals surface area contributed by atoms with Crippen LogP contribution in [0.5, 0.6) is 0 Å². The lowest BCUT2D eigenvalue weighted by Gasteiger charge is -2.07. The minimum Gasteiger partial charge on any atom is -0.352 e. The molecule has 0 aliphatic carbocycles. The van der Waals surface area contributed by atoms with Gasteiger partial charge in [0.25, 0.3) is 0 Å². The molecular formula is C5H10F3N3O. The van der Waals surface area contributed by atoms with Crippen molar-refractivity contribution in [3.05, 3.63) is 0 Å². The molecule has 0 spiro atoms. The molecule has 0 rings (SSSR count). The van der Waals surface area contributed by atoms with Gasteiger partial charge in [-0.25, -0.2) is 4.79 Å². The molecule has 0 bridgehead atoms. The summed E-state index contributed by atoms with van der Waals surface area (Å²) in [6.45, 7) is -0.929. The van der Waals surface area contributed by atoms with E-state index < -0.39 is 18.8 Å². The van der Waals surface area contributed by atoms with E-state index in [2.05, 4.69) is 16.4 Å². The predicted octanol–water partition coefficient (Wildman–Crippen LogP) is -0.193. The lowest BCUT2D eigenvalue weighted by molar-refractivity contribution is -0.124. The molecular weight excluding hydrogens is 175 g/mol. The Morgan fingerprint density at radius 3 is 2.33 bits per heavy atom. The van der Waals surface area contributed by atoms with Crippen molar-refractivity contribution in [3.8, 4) is 0 Å². The number of nitrogens with two attached hydrogens (primary N) is 1. The lowest BCUT2D eigenvalue weighted by Crippen LogP contribution is -2.38. The average Bonchev–Trinajstić information content (AvgIpc) is 1.83. The molecule has 0 aromatic heterocycles. The summed E-state index contributed by atoms with van der Waals surface area (Å²) in [5.74, 6) is 0. The van der Waals surface area contributed by atoms with Crippen LogP contribution in [0, 0.1) is 0 Å². The predicted molar refractivity (Wildman–Crippen MR) is 36.5 cm³/mol. The first-order chi connectivity index (χ1) is 5.42. The molecule has 0 heterocycles. The molecule has 0 aromatic carbocycles. The molecule has 0 aliphatic rings. The van der Waals surface area contributed by atoms with E-state index in [9.17, 15) is 18.0 Å². The third-order valence-corrected chi connectivity index (χ3v) is 0.926. The van der Waals surface area contributed by atoms with Gasteiger partial charge in [0.15, 0.2) is 0 Å². The molecule has 0 unspecified atom stereocenters. The Morgan fingerprint density at radius 1 is 1.33 bits per heavy atom. The third kappa shape index (κ3) is 9.02. The van der Waals surface area contributed by atoms with Crippen LogP contribution in [0.3, 0.4) is 0 Å². The second kappa shape index (κ2) is 4.81. The number of carbonyl (C=O) groups is 1. The maximum atomic E-state index is 11.5. The van der Waals surface area contributed by atoms with Gasteiger partial charge in [0, 0.05) is 13.1 Å². The van der Waals surface area contributed by atoms with E-state index in [1.807, 2.05) is 0 Å². The normalized spacial score (nSPS) is 11.2. The molecule has 0 saturated heterocycles. The number of carbonyl (C=O) groups excluding carboxylic acids is 1. The van der Waals surface area contributed by atoms with Gasteiger partial charge in [-0.15, -0.1) is 0 Å². The number of rotatable bonds is 4. The number of hydrogen-bond acceptors (Lipinski definition) is 2. The second-order valence-corrected chi connectivity index (χ2v) is 2.08. The third-order valence-electron chi connectivity index (χ3n) is 0.926. The van der Waals surface area contributed by atoms with Gasteiger partial charge in [-0.2, -0.15) is 13.2 Å². The fraction of sp³-hybridized carbons (Fsp3) is 0.800. The van der Waals surface area contributed by atoms with Gasteiger partial charge in [-0.1, -0.05) is 0 Å². The summed E-state index contributed by atoms with van der Waals surface area (Å²) in [5.41, 5.74) is 4.66. The van der Waals surface area contributed by atoms with Gasteiger partial charge in [0.2, 0.25) is 0 Å². The van der Waals surface area contributed by atoms with Crippen molar-refractivity contribution in [2.45, 2.75) is 6.18 Å². The quantitative estimate of drug-likeness (QED) is 0.531. The van der Waals surface area contributed by atoms with Gasteiger partial charge in [-0.05, 0) is 0 Å². The highest BCUT2D eigenvalue weighted by Gasteiger charge is 2.25. The first-order valence-electron chi connectivity index (χ1n) is 3.22. The van der Waals surface area contributed by atoms with E-state index in [1.165, 1.54) is 0 Å². The van der Waals surface area contributed by atoms with Crippen LogP contribution < -0.4 is 16.4 Å². The van der Waals surface area contributed by atoms with Crippen molar-refractivity contribution in [1.29, 1.82) is 0 Å². The standard InChI is InChI=1S/C5H10F3N3O/c6-5(7,8)3-10-1-2-11-4(9)12/h10H,1-3H2,(H3,9,11,12). The van der Waals surface area contributed by atoms with Crippen LogP contribution in [-0.2, 0) is 0 Å². The first-order valence-corrected chi connectivity index (χ1v) is 3.22. The van der Waals surface area contributed by atoms with E-state index in [4.69, 9.17) is 0 Å². The number of nitrogens with one attached hydrogen (secondary N) is 2. The van der Waals surface area contributed by atoms with E-state index >= 15 is 0 Å². The summed E-state index contributed by atoms with van der Waals surface area (Å²) < 4.78 is 34.4. The highest BCUT2D eigenvalue weighted by atomic mass is 19.4. The van der Waals surface area contributed by atoms with Gasteiger partial charge in [0.05, 0.1) is 6.54 Å². The Balaban J connectivity index is 3.17. The highest BCUT2D eigenvalue weighted by molar-refractivity contribution is 5.71. The summed E-state index contributed by atoms with van der Waals surface area (Å²) >= 11 is 0. The first kappa shape index (κ1) is 11.0. The lowest BCUT2D eigenvalue weighted by atomic mass is 10.5. The zero-order valence-corrected chi connectivity index (χ0v) is 6.24. The maximum Gasteiger partial charge on any atom is 0.401 e. The van der Waals surface area contributed by atoms with Crippen LogP contribution in [0.1, 0.15) is 0 Å². The Kier molecular flexibility index (Phi) is 4.42. The number of urea groups is 1. The van der Waals surface area contributed by atoms with Crippen LogP contribution >= 0.6 is 0 Å². The van der Waals surface area contributed by atoms with Crippen molar-refractivity contribution in [1.82, 2.24) is 10.6 Å². The largest absolute Gasteiger partial charge is 0.401 e. The zero-order chi connectivity index (χ0) is 9.61. The van der Waals surface area contributed by atoms with E-state index in [0.717, 1.165) is 0 Å². The maximum absolute atomic E-state index is 11.5. The van der Waals surface area contributed by atoms with Crippen molar-refractivity contribution in [3.63, 3.8) is 0 Å². The fourth-order valence-electron chi connectivity index (χ4n) is 0.504. The molecule has 7 heteroatoms. The SMILES string of the molecule is NC(=O)NCCNCC(F)(F)F. The number of primary amides is 1. The van der Waals surface area contributed by atoms with Crippen molar-refractivity contribution in [2.75, 3.05) is 19.6 Å². The summed E-state index contributed by atoms with van der Waals surface area (Å²) in [5, 5.41) is 4.23. The zero-order valence-electron chi connectivity index (χ0n) is 6.24. The molecule has 12 heavy (non-hydrogen) atoms. The molecule has 0 radical (unpaired) electrons. The second-order valence-electron chi connectivity index (χ2n) is 2.08. The van der Waals surface area contributed by atoms with Gasteiger partial charge in [-0.3, -0.25) is 0 Å².